The summed E-state index contributed by atoms with van der Waals surface area (Å²) in [5, 5.41) is 9.06. The number of thiophene rings is 1. The Bertz CT molecular complexity index is 1030. The molecule has 0 bridgehead atoms. The summed E-state index contributed by atoms with van der Waals surface area (Å²) in [4.78, 5) is 39.6. The molecule has 0 atom stereocenters. The van der Waals surface area contributed by atoms with E-state index >= 15 is 0 Å². The van der Waals surface area contributed by atoms with Crippen LogP contribution >= 0.6 is 27.3 Å². The van der Waals surface area contributed by atoms with Crippen LogP contribution in [0.3, 0.4) is 0 Å². The first-order valence-electron chi connectivity index (χ1n) is 10.6. The Morgan fingerprint density at radius 3 is 2.62 bits per heavy atom. The lowest BCUT2D eigenvalue weighted by molar-refractivity contribution is -0.122. The lowest BCUT2D eigenvalue weighted by Gasteiger charge is -2.30. The molecule has 170 valence electrons. The highest BCUT2D eigenvalue weighted by atomic mass is 79.9. The molecule has 1 aliphatic carbocycles. The molecule has 4 rings (SSSR count). The number of rotatable bonds is 5. The molecular weight excluding hydrogens is 496 g/mol. The van der Waals surface area contributed by atoms with Crippen LogP contribution in [-0.4, -0.2) is 36.7 Å². The van der Waals surface area contributed by atoms with E-state index in [1.54, 1.807) is 23.1 Å². The molecule has 1 aliphatic heterocycles. The van der Waals surface area contributed by atoms with Gasteiger partial charge in [0, 0.05) is 24.5 Å². The summed E-state index contributed by atoms with van der Waals surface area (Å²) in [6, 6.07) is 8.86. The Morgan fingerprint density at radius 1 is 1.19 bits per heavy atom. The Kier molecular flexibility index (Phi) is 6.71. The summed E-state index contributed by atoms with van der Waals surface area (Å²) in [7, 11) is 0. The van der Waals surface area contributed by atoms with Crippen molar-refractivity contribution in [2.24, 2.45) is 0 Å². The van der Waals surface area contributed by atoms with E-state index in [1.807, 2.05) is 19.1 Å². The molecule has 2 aliphatic rings. The van der Waals surface area contributed by atoms with E-state index in [-0.39, 0.29) is 11.9 Å². The van der Waals surface area contributed by atoms with E-state index in [4.69, 9.17) is 4.74 Å². The Hall–Kier alpha value is -2.59. The summed E-state index contributed by atoms with van der Waals surface area (Å²) in [5.41, 5.74) is 1.32. The van der Waals surface area contributed by atoms with Gasteiger partial charge in [-0.1, -0.05) is 24.2 Å². The number of hydrogen-bond acceptors (Lipinski definition) is 5. The molecule has 2 aromatic rings. The molecule has 4 amide bonds. The lowest BCUT2D eigenvalue weighted by Crippen LogP contribution is -2.55. The minimum atomic E-state index is -1.01. The number of amides is 4. The number of carbonyl (C=O) groups is 3. The summed E-state index contributed by atoms with van der Waals surface area (Å²) in [6.45, 7) is 3.26. The van der Waals surface area contributed by atoms with Crippen molar-refractivity contribution >= 4 is 56.7 Å². The van der Waals surface area contributed by atoms with Gasteiger partial charge < -0.3 is 20.7 Å². The number of carbonyl (C=O) groups excluding carboxylic acids is 3. The third-order valence-electron chi connectivity index (χ3n) is 5.80. The van der Waals surface area contributed by atoms with Crippen molar-refractivity contribution in [2.45, 2.75) is 44.6 Å². The number of anilines is 2. The van der Waals surface area contributed by atoms with Crippen LogP contribution in [-0.2, 0) is 4.79 Å². The molecule has 10 heteroatoms. The maximum absolute atomic E-state index is 13.2. The van der Waals surface area contributed by atoms with Gasteiger partial charge in [0.15, 0.2) is 5.06 Å². The number of nitrogens with zero attached hydrogens (tertiary/aromatic N) is 1. The van der Waals surface area contributed by atoms with Gasteiger partial charge in [-0.2, -0.15) is 0 Å². The van der Waals surface area contributed by atoms with E-state index in [9.17, 15) is 14.4 Å². The zero-order valence-electron chi connectivity index (χ0n) is 17.7. The number of halogens is 1. The van der Waals surface area contributed by atoms with Crippen LogP contribution in [0.5, 0.6) is 5.06 Å². The van der Waals surface area contributed by atoms with Gasteiger partial charge in [0.2, 0.25) is 5.91 Å². The van der Waals surface area contributed by atoms with Crippen molar-refractivity contribution in [3.63, 3.8) is 0 Å². The molecule has 2 fully saturated rings. The molecule has 32 heavy (non-hydrogen) atoms. The van der Waals surface area contributed by atoms with Gasteiger partial charge in [0.1, 0.15) is 5.54 Å². The first-order valence-corrected chi connectivity index (χ1v) is 12.2. The largest absolute Gasteiger partial charge is 0.414 e. The molecule has 0 spiro atoms. The van der Waals surface area contributed by atoms with E-state index in [0.29, 0.717) is 36.7 Å². The van der Waals surface area contributed by atoms with Crippen LogP contribution in [0.1, 0.15) is 37.7 Å². The van der Waals surface area contributed by atoms with Gasteiger partial charge in [0.05, 0.1) is 3.79 Å². The summed E-state index contributed by atoms with van der Waals surface area (Å²) in [5.74, 6) is -0.262. The van der Waals surface area contributed by atoms with Gasteiger partial charge in [-0.25, -0.2) is 9.59 Å². The maximum atomic E-state index is 13.2. The molecule has 2 heterocycles. The van der Waals surface area contributed by atoms with Crippen LogP contribution in [0.25, 0.3) is 0 Å². The highest BCUT2D eigenvalue weighted by molar-refractivity contribution is 9.11. The fraction of sp³-hybridized carbons (Fsp3) is 0.409. The first-order chi connectivity index (χ1) is 15.4. The molecule has 0 unspecified atom stereocenters. The van der Waals surface area contributed by atoms with E-state index in [0.717, 1.165) is 34.3 Å². The predicted octanol–water partition coefficient (Wildman–Crippen LogP) is 4.78. The molecule has 1 aromatic carbocycles. The monoisotopic (exact) mass is 520 g/mol. The second-order valence-electron chi connectivity index (χ2n) is 8.05. The highest BCUT2D eigenvalue weighted by Gasteiger charge is 2.43. The number of nitrogens with one attached hydrogen (secondary N) is 3. The summed E-state index contributed by atoms with van der Waals surface area (Å²) < 4.78 is 6.21. The smallest absolute Gasteiger partial charge is 0.399 e. The molecule has 1 saturated carbocycles. The molecule has 1 aromatic heterocycles. The van der Waals surface area contributed by atoms with Crippen LogP contribution in [0.2, 0.25) is 0 Å². The van der Waals surface area contributed by atoms with E-state index < -0.39 is 11.6 Å². The number of aryl methyl sites for hydroxylation is 1. The molecule has 1 saturated heterocycles. The number of hydrogen-bond donors (Lipinski definition) is 3. The summed E-state index contributed by atoms with van der Waals surface area (Å²) in [6.07, 6.45) is 3.04. The van der Waals surface area contributed by atoms with Crippen molar-refractivity contribution in [3.8, 4) is 5.06 Å². The average Bonchev–Trinajstić information content (AvgIpc) is 3.38. The van der Waals surface area contributed by atoms with Crippen molar-refractivity contribution < 1.29 is 19.1 Å². The van der Waals surface area contributed by atoms with E-state index in [1.165, 1.54) is 11.3 Å². The minimum Gasteiger partial charge on any atom is -0.399 e. The van der Waals surface area contributed by atoms with Crippen LogP contribution in [0.15, 0.2) is 34.1 Å². The first kappa shape index (κ1) is 22.6. The number of benzene rings is 1. The van der Waals surface area contributed by atoms with Crippen molar-refractivity contribution in [1.29, 1.82) is 0 Å². The van der Waals surface area contributed by atoms with Gasteiger partial charge in [0.25, 0.3) is 0 Å². The zero-order chi connectivity index (χ0) is 22.7. The van der Waals surface area contributed by atoms with Gasteiger partial charge in [-0.05, 0) is 78.0 Å². The Morgan fingerprint density at radius 2 is 1.97 bits per heavy atom. The summed E-state index contributed by atoms with van der Waals surface area (Å²) >= 11 is 4.64. The van der Waals surface area contributed by atoms with Crippen LogP contribution < -0.4 is 25.6 Å². The number of ether oxygens (including phenoxy) is 1. The topological polar surface area (TPSA) is 99.8 Å². The SMILES string of the molecule is Cc1cc(NC(=O)C2(NC(=O)Oc3ccc(Br)s3)CCCC2)ccc1N1CCCNC1=O. The number of urea groups is 1. The van der Waals surface area contributed by atoms with Gasteiger partial charge in [-0.3, -0.25) is 9.69 Å². The van der Waals surface area contributed by atoms with Gasteiger partial charge >= 0.3 is 12.1 Å². The van der Waals surface area contributed by atoms with Gasteiger partial charge in [-0.15, -0.1) is 0 Å². The third-order valence-corrected chi connectivity index (χ3v) is 7.30. The average molecular weight is 521 g/mol. The molecule has 0 radical (unpaired) electrons. The minimum absolute atomic E-state index is 0.110. The van der Waals surface area contributed by atoms with Crippen molar-refractivity contribution in [2.75, 3.05) is 23.3 Å². The Labute approximate surface area is 198 Å². The molecule has 3 N–H and O–H groups in total. The Balaban J connectivity index is 1.45. The van der Waals surface area contributed by atoms with Crippen molar-refractivity contribution in [1.82, 2.24) is 10.6 Å². The third kappa shape index (κ3) is 4.91. The standard InChI is InChI=1S/C22H25BrN4O4S/c1-14-13-15(5-6-16(14)27-12-4-11-24-20(27)29)25-19(28)22(9-2-3-10-22)26-21(30)31-18-8-7-17(23)32-18/h5-8,13H,2-4,9-12H2,1H3,(H,24,29)(H,25,28)(H,26,30). The van der Waals surface area contributed by atoms with Crippen LogP contribution in [0, 0.1) is 6.92 Å². The normalized spacial score (nSPS) is 17.6. The second kappa shape index (κ2) is 9.50. The second-order valence-corrected chi connectivity index (χ2v) is 10.5. The zero-order valence-corrected chi connectivity index (χ0v) is 20.1. The fourth-order valence-corrected chi connectivity index (χ4v) is 5.39. The maximum Gasteiger partial charge on any atom is 0.414 e. The lowest BCUT2D eigenvalue weighted by atomic mass is 9.96. The van der Waals surface area contributed by atoms with E-state index in [2.05, 4.69) is 31.9 Å². The van der Waals surface area contributed by atoms with Crippen molar-refractivity contribution in [3.05, 3.63) is 39.7 Å². The fourth-order valence-electron chi connectivity index (χ4n) is 4.20. The highest BCUT2D eigenvalue weighted by Crippen LogP contribution is 2.33. The quantitative estimate of drug-likeness (QED) is 0.528. The van der Waals surface area contributed by atoms with Crippen LogP contribution in [0.4, 0.5) is 21.0 Å². The predicted molar refractivity (Wildman–Crippen MR) is 128 cm³/mol. The molecular formula is C22H25BrN4O4S. The molecule has 8 nitrogen and oxygen atoms in total.